The molecule has 1 heterocycles. The molecule has 0 spiro atoms. The molecule has 1 aromatic rings. The Balaban J connectivity index is 2.05. The maximum absolute atomic E-state index is 12.0. The first-order valence-electron chi connectivity index (χ1n) is 5.69. The summed E-state index contributed by atoms with van der Waals surface area (Å²) < 4.78 is 10.5. The Bertz CT molecular complexity index is 411. The van der Waals surface area contributed by atoms with Crippen molar-refractivity contribution in [3.8, 4) is 5.75 Å². The topological polar surface area (TPSA) is 35.5 Å². The molecule has 3 nitrogen and oxygen atoms in total. The van der Waals surface area contributed by atoms with Crippen LogP contribution in [-0.2, 0) is 4.74 Å². The normalized spacial score (nSPS) is 19.3. The Morgan fingerprint density at radius 2 is 2.41 bits per heavy atom. The summed E-state index contributed by atoms with van der Waals surface area (Å²) >= 11 is 5.98. The molecule has 0 saturated carbocycles. The minimum atomic E-state index is 0.0708. The molecule has 17 heavy (non-hydrogen) atoms. The lowest BCUT2D eigenvalue weighted by molar-refractivity contribution is 0.0775. The van der Waals surface area contributed by atoms with Crippen LogP contribution in [-0.4, -0.2) is 25.6 Å². The number of halogens is 1. The van der Waals surface area contributed by atoms with Crippen molar-refractivity contribution >= 4 is 17.4 Å². The number of rotatable bonds is 4. The summed E-state index contributed by atoms with van der Waals surface area (Å²) in [7, 11) is 1.55. The number of Topliss-reactive ketones (excluding diaryl/α,β-unsaturated/α-hetero) is 1. The van der Waals surface area contributed by atoms with Crippen LogP contribution in [0.4, 0.5) is 0 Å². The molecule has 0 aliphatic carbocycles. The zero-order valence-electron chi connectivity index (χ0n) is 9.74. The van der Waals surface area contributed by atoms with Gasteiger partial charge in [0.1, 0.15) is 5.75 Å². The highest BCUT2D eigenvalue weighted by atomic mass is 35.5. The molecular formula is C13H15ClO3. The second-order valence-electron chi connectivity index (χ2n) is 4.11. The average molecular weight is 255 g/mol. The van der Waals surface area contributed by atoms with Gasteiger partial charge in [0.25, 0.3) is 0 Å². The van der Waals surface area contributed by atoms with Crippen LogP contribution in [0.25, 0.3) is 0 Å². The van der Waals surface area contributed by atoms with Crippen molar-refractivity contribution in [1.82, 2.24) is 0 Å². The van der Waals surface area contributed by atoms with E-state index in [-0.39, 0.29) is 11.9 Å². The van der Waals surface area contributed by atoms with Crippen LogP contribution in [0.3, 0.4) is 0 Å². The van der Waals surface area contributed by atoms with Gasteiger partial charge in [-0.15, -0.1) is 0 Å². The first-order chi connectivity index (χ1) is 8.20. The molecule has 92 valence electrons. The molecule has 0 radical (unpaired) electrons. The van der Waals surface area contributed by atoms with Crippen LogP contribution in [0.5, 0.6) is 5.75 Å². The zero-order valence-corrected chi connectivity index (χ0v) is 10.5. The lowest BCUT2D eigenvalue weighted by Crippen LogP contribution is -2.12. The largest absolute Gasteiger partial charge is 0.495 e. The number of hydrogen-bond acceptors (Lipinski definition) is 3. The van der Waals surface area contributed by atoms with Gasteiger partial charge in [0, 0.05) is 18.6 Å². The molecule has 0 bridgehead atoms. The highest BCUT2D eigenvalue weighted by molar-refractivity contribution is 6.32. The fourth-order valence-electron chi connectivity index (χ4n) is 1.97. The summed E-state index contributed by atoms with van der Waals surface area (Å²) in [5.41, 5.74) is 0.617. The predicted molar refractivity (Wildman–Crippen MR) is 65.9 cm³/mol. The number of methoxy groups -OCH3 is 1. The van der Waals surface area contributed by atoms with Crippen LogP contribution in [0.2, 0.25) is 5.02 Å². The maximum Gasteiger partial charge on any atom is 0.165 e. The van der Waals surface area contributed by atoms with Crippen LogP contribution in [0.15, 0.2) is 18.2 Å². The van der Waals surface area contributed by atoms with Crippen molar-refractivity contribution in [1.29, 1.82) is 0 Å². The smallest absolute Gasteiger partial charge is 0.165 e. The van der Waals surface area contributed by atoms with Crippen LogP contribution >= 0.6 is 11.6 Å². The third-order valence-corrected chi connectivity index (χ3v) is 3.21. The first kappa shape index (κ1) is 12.4. The summed E-state index contributed by atoms with van der Waals surface area (Å²) in [5, 5.41) is 0.464. The molecule has 1 aromatic carbocycles. The SMILES string of the molecule is COc1ccc(C(=O)CC2CCCO2)cc1Cl. The molecule has 2 rings (SSSR count). The molecule has 1 atom stereocenters. The Hall–Kier alpha value is -1.06. The van der Waals surface area contributed by atoms with E-state index in [1.165, 1.54) is 0 Å². The third-order valence-electron chi connectivity index (χ3n) is 2.91. The lowest BCUT2D eigenvalue weighted by Gasteiger charge is -2.09. The summed E-state index contributed by atoms with van der Waals surface area (Å²) in [6.07, 6.45) is 2.52. The predicted octanol–water partition coefficient (Wildman–Crippen LogP) is 3.10. The van der Waals surface area contributed by atoms with Crippen molar-refractivity contribution in [3.63, 3.8) is 0 Å². The molecule has 1 aliphatic rings. The molecule has 0 N–H and O–H groups in total. The van der Waals surface area contributed by atoms with E-state index >= 15 is 0 Å². The molecule has 4 heteroatoms. The number of benzene rings is 1. The second kappa shape index (κ2) is 5.52. The summed E-state index contributed by atoms with van der Waals surface area (Å²) in [4.78, 5) is 12.0. The first-order valence-corrected chi connectivity index (χ1v) is 6.07. The Kier molecular flexibility index (Phi) is 4.02. The summed E-state index contributed by atoms with van der Waals surface area (Å²) in [6, 6.07) is 5.10. The fraction of sp³-hybridized carbons (Fsp3) is 0.462. The highest BCUT2D eigenvalue weighted by Gasteiger charge is 2.20. The highest BCUT2D eigenvalue weighted by Crippen LogP contribution is 2.26. The molecule has 1 aliphatic heterocycles. The van der Waals surface area contributed by atoms with Crippen molar-refractivity contribution < 1.29 is 14.3 Å². The van der Waals surface area contributed by atoms with Gasteiger partial charge in [-0.3, -0.25) is 4.79 Å². The monoisotopic (exact) mass is 254 g/mol. The molecule has 1 fully saturated rings. The lowest BCUT2D eigenvalue weighted by atomic mass is 10.0. The molecule has 1 saturated heterocycles. The van der Waals surface area contributed by atoms with Crippen LogP contribution in [0.1, 0.15) is 29.6 Å². The van der Waals surface area contributed by atoms with E-state index in [1.807, 2.05) is 0 Å². The van der Waals surface area contributed by atoms with E-state index in [1.54, 1.807) is 25.3 Å². The van der Waals surface area contributed by atoms with Gasteiger partial charge in [0.15, 0.2) is 5.78 Å². The van der Waals surface area contributed by atoms with Gasteiger partial charge in [-0.05, 0) is 31.0 Å². The zero-order chi connectivity index (χ0) is 12.3. The Morgan fingerprint density at radius 3 is 3.00 bits per heavy atom. The number of carbonyl (C=O) groups is 1. The van der Waals surface area contributed by atoms with Gasteiger partial charge in [-0.2, -0.15) is 0 Å². The van der Waals surface area contributed by atoms with Gasteiger partial charge < -0.3 is 9.47 Å². The van der Waals surface area contributed by atoms with Crippen LogP contribution < -0.4 is 4.74 Å². The number of ketones is 1. The van der Waals surface area contributed by atoms with E-state index in [0.29, 0.717) is 22.8 Å². The van der Waals surface area contributed by atoms with Gasteiger partial charge >= 0.3 is 0 Å². The van der Waals surface area contributed by atoms with Gasteiger partial charge in [0.05, 0.1) is 18.2 Å². The third kappa shape index (κ3) is 2.99. The summed E-state index contributed by atoms with van der Waals surface area (Å²) in [6.45, 7) is 0.765. The second-order valence-corrected chi connectivity index (χ2v) is 4.52. The molecule has 0 amide bonds. The van der Waals surface area contributed by atoms with E-state index < -0.39 is 0 Å². The molecule has 1 unspecified atom stereocenters. The Morgan fingerprint density at radius 1 is 1.59 bits per heavy atom. The van der Waals surface area contributed by atoms with Crippen molar-refractivity contribution in [2.45, 2.75) is 25.4 Å². The maximum atomic E-state index is 12.0. The summed E-state index contributed by atoms with van der Waals surface area (Å²) in [5.74, 6) is 0.654. The van der Waals surface area contributed by atoms with E-state index in [9.17, 15) is 4.79 Å². The van der Waals surface area contributed by atoms with Gasteiger partial charge in [-0.25, -0.2) is 0 Å². The number of hydrogen-bond donors (Lipinski definition) is 0. The van der Waals surface area contributed by atoms with Gasteiger partial charge in [0.2, 0.25) is 0 Å². The average Bonchev–Trinajstić information content (AvgIpc) is 2.81. The van der Waals surface area contributed by atoms with Gasteiger partial charge in [-0.1, -0.05) is 11.6 Å². The number of carbonyl (C=O) groups excluding carboxylic acids is 1. The van der Waals surface area contributed by atoms with E-state index in [0.717, 1.165) is 19.4 Å². The Labute approximate surface area is 106 Å². The molecular weight excluding hydrogens is 240 g/mol. The number of ether oxygens (including phenoxy) is 2. The quantitative estimate of drug-likeness (QED) is 0.775. The van der Waals surface area contributed by atoms with Crippen LogP contribution in [0, 0.1) is 0 Å². The molecule has 0 aromatic heterocycles. The van der Waals surface area contributed by atoms with E-state index in [2.05, 4.69) is 0 Å². The minimum Gasteiger partial charge on any atom is -0.495 e. The fourth-order valence-corrected chi connectivity index (χ4v) is 2.23. The van der Waals surface area contributed by atoms with Crippen molar-refractivity contribution in [2.24, 2.45) is 0 Å². The van der Waals surface area contributed by atoms with Crippen molar-refractivity contribution in [2.75, 3.05) is 13.7 Å². The van der Waals surface area contributed by atoms with E-state index in [4.69, 9.17) is 21.1 Å². The van der Waals surface area contributed by atoms with Crippen molar-refractivity contribution in [3.05, 3.63) is 28.8 Å². The standard InChI is InChI=1S/C13H15ClO3/c1-16-13-5-4-9(7-11(13)14)12(15)8-10-3-2-6-17-10/h4-5,7,10H,2-3,6,8H2,1H3. The minimum absolute atomic E-state index is 0.0708.